The van der Waals surface area contributed by atoms with Crippen molar-refractivity contribution in [2.24, 2.45) is 0 Å². The fourth-order valence-electron chi connectivity index (χ4n) is 5.00. The van der Waals surface area contributed by atoms with Gasteiger partial charge in [0.1, 0.15) is 11.6 Å². The lowest BCUT2D eigenvalue weighted by atomic mass is 9.93. The second-order valence-electron chi connectivity index (χ2n) is 9.86. The van der Waals surface area contributed by atoms with Crippen molar-refractivity contribution in [2.45, 2.75) is 83.3 Å². The molecule has 2 heterocycles. The minimum absolute atomic E-state index is 0.227. The smallest absolute Gasteiger partial charge is 0.237 e. The van der Waals surface area contributed by atoms with Crippen molar-refractivity contribution < 1.29 is 4.79 Å². The summed E-state index contributed by atoms with van der Waals surface area (Å²) in [6.45, 7) is 7.33. The lowest BCUT2D eigenvalue weighted by Crippen LogP contribution is -2.49. The van der Waals surface area contributed by atoms with Crippen molar-refractivity contribution in [1.29, 1.82) is 0 Å². The van der Waals surface area contributed by atoms with E-state index >= 15 is 0 Å². The Morgan fingerprint density at radius 3 is 2.45 bits per heavy atom. The Balaban J connectivity index is 1.68. The molecular weight excluding hydrogens is 388 g/mol. The van der Waals surface area contributed by atoms with Crippen LogP contribution in [-0.2, 0) is 11.3 Å². The molecule has 1 saturated heterocycles. The highest BCUT2D eigenvalue weighted by Gasteiger charge is 2.28. The minimum Gasteiger partial charge on any atom is -0.363 e. The van der Waals surface area contributed by atoms with E-state index in [9.17, 15) is 4.79 Å². The summed E-state index contributed by atoms with van der Waals surface area (Å²) in [7, 11) is 6.05. The number of aromatic nitrogens is 2. The molecule has 1 amide bonds. The molecule has 1 atom stereocenters. The summed E-state index contributed by atoms with van der Waals surface area (Å²) in [5.41, 5.74) is 1.12. The minimum atomic E-state index is 0.227. The predicted molar refractivity (Wildman–Crippen MR) is 126 cm³/mol. The van der Waals surface area contributed by atoms with Gasteiger partial charge in [-0.3, -0.25) is 9.69 Å². The molecule has 1 N–H and O–H groups in total. The van der Waals surface area contributed by atoms with Crippen LogP contribution in [0.2, 0.25) is 0 Å². The van der Waals surface area contributed by atoms with Gasteiger partial charge in [-0.25, -0.2) is 9.97 Å². The summed E-state index contributed by atoms with van der Waals surface area (Å²) >= 11 is 0. The molecule has 174 valence electrons. The normalized spacial score (nSPS) is 20.3. The second kappa shape index (κ2) is 11.2. The number of nitrogens with zero attached hydrogens (tertiary/aromatic N) is 5. The average Bonchev–Trinajstić information content (AvgIpc) is 2.74. The van der Waals surface area contributed by atoms with Crippen LogP contribution in [0.15, 0.2) is 6.07 Å². The predicted octanol–water partition coefficient (Wildman–Crippen LogP) is 3.01. The number of likely N-dealkylation sites (N-methyl/N-ethyl adjacent to an activating group) is 1. The number of hydrogen-bond donors (Lipinski definition) is 1. The van der Waals surface area contributed by atoms with Gasteiger partial charge >= 0.3 is 0 Å². The molecular formula is C24H42N6O. The molecule has 1 aromatic heterocycles. The molecule has 0 spiro atoms. The van der Waals surface area contributed by atoms with E-state index in [0.29, 0.717) is 25.0 Å². The first-order valence-electron chi connectivity index (χ1n) is 12.1. The quantitative estimate of drug-likeness (QED) is 0.684. The molecule has 1 aliphatic heterocycles. The second-order valence-corrected chi connectivity index (χ2v) is 9.86. The topological polar surface area (TPSA) is 64.6 Å². The van der Waals surface area contributed by atoms with Gasteiger partial charge in [-0.2, -0.15) is 0 Å². The Morgan fingerprint density at radius 1 is 1.10 bits per heavy atom. The zero-order chi connectivity index (χ0) is 22.4. The highest BCUT2D eigenvalue weighted by molar-refractivity contribution is 5.79. The van der Waals surface area contributed by atoms with E-state index in [4.69, 9.17) is 9.97 Å². The third kappa shape index (κ3) is 6.62. The van der Waals surface area contributed by atoms with Gasteiger partial charge < -0.3 is 15.1 Å². The van der Waals surface area contributed by atoms with Crippen LogP contribution >= 0.6 is 0 Å². The Labute approximate surface area is 188 Å². The number of nitrogens with one attached hydrogen (secondary N) is 1. The van der Waals surface area contributed by atoms with Crippen LogP contribution in [0.25, 0.3) is 0 Å². The highest BCUT2D eigenvalue weighted by atomic mass is 16.2. The molecule has 7 heteroatoms. The number of piperidine rings is 1. The van der Waals surface area contributed by atoms with Crippen LogP contribution < -0.4 is 10.2 Å². The third-order valence-electron chi connectivity index (χ3n) is 6.58. The van der Waals surface area contributed by atoms with Gasteiger partial charge in [0.15, 0.2) is 0 Å². The van der Waals surface area contributed by atoms with Gasteiger partial charge in [-0.05, 0) is 53.1 Å². The van der Waals surface area contributed by atoms with E-state index in [1.165, 1.54) is 25.7 Å². The van der Waals surface area contributed by atoms with Gasteiger partial charge in [0, 0.05) is 44.7 Å². The van der Waals surface area contributed by atoms with Gasteiger partial charge in [0.2, 0.25) is 5.91 Å². The van der Waals surface area contributed by atoms with Crippen LogP contribution in [-0.4, -0.2) is 78.5 Å². The van der Waals surface area contributed by atoms with E-state index in [1.54, 1.807) is 0 Å². The Morgan fingerprint density at radius 2 is 1.84 bits per heavy atom. The maximum Gasteiger partial charge on any atom is 0.237 e. The number of rotatable bonds is 8. The van der Waals surface area contributed by atoms with Gasteiger partial charge in [-0.1, -0.05) is 19.3 Å². The molecule has 0 bridgehead atoms. The number of amides is 1. The first kappa shape index (κ1) is 23.9. The lowest BCUT2D eigenvalue weighted by molar-refractivity contribution is -0.137. The summed E-state index contributed by atoms with van der Waals surface area (Å²) in [6.07, 6.45) is 8.40. The molecule has 1 aliphatic carbocycles. The maximum absolute atomic E-state index is 13.2. The molecule has 0 aromatic carbocycles. The molecule has 1 aromatic rings. The Hall–Kier alpha value is -1.73. The van der Waals surface area contributed by atoms with Crippen LogP contribution in [0.3, 0.4) is 0 Å². The number of carbonyl (C=O) groups excluding carboxylic acids is 1. The number of hydrogen-bond acceptors (Lipinski definition) is 6. The summed E-state index contributed by atoms with van der Waals surface area (Å²) in [5, 5.41) is 3.49. The summed E-state index contributed by atoms with van der Waals surface area (Å²) in [5.74, 6) is 2.40. The van der Waals surface area contributed by atoms with E-state index in [0.717, 1.165) is 49.7 Å². The zero-order valence-electron chi connectivity index (χ0n) is 20.2. The SMILES string of the molecule is CC(C)N(C(=O)CN(C)Cc1nc(C2CCCNC2)cc(N(C)C)n1)C1CCCCC1. The van der Waals surface area contributed by atoms with Crippen LogP contribution in [0, 0.1) is 0 Å². The van der Waals surface area contributed by atoms with Crippen molar-refractivity contribution in [1.82, 2.24) is 25.1 Å². The molecule has 2 aliphatic rings. The van der Waals surface area contributed by atoms with Crippen LogP contribution in [0.1, 0.15) is 76.2 Å². The van der Waals surface area contributed by atoms with Crippen molar-refractivity contribution in [3.63, 3.8) is 0 Å². The molecule has 7 nitrogen and oxygen atoms in total. The maximum atomic E-state index is 13.2. The standard InChI is InChI=1S/C24H42N6O/c1-18(2)30(20-11-7-6-8-12-20)24(31)17-29(5)16-22-26-21(14-23(27-22)28(3)4)19-10-9-13-25-15-19/h14,18-20,25H,6-13,15-17H2,1-5H3. The Bertz CT molecular complexity index is 710. The molecule has 0 radical (unpaired) electrons. The van der Waals surface area contributed by atoms with Gasteiger partial charge in [0.25, 0.3) is 0 Å². The average molecular weight is 431 g/mol. The van der Waals surface area contributed by atoms with Crippen molar-refractivity contribution in [3.05, 3.63) is 17.6 Å². The largest absolute Gasteiger partial charge is 0.363 e. The monoisotopic (exact) mass is 430 g/mol. The molecule has 31 heavy (non-hydrogen) atoms. The highest BCUT2D eigenvalue weighted by Crippen LogP contribution is 2.26. The van der Waals surface area contributed by atoms with Gasteiger partial charge in [-0.15, -0.1) is 0 Å². The summed E-state index contributed by atoms with van der Waals surface area (Å²) < 4.78 is 0. The molecule has 1 saturated carbocycles. The first-order valence-corrected chi connectivity index (χ1v) is 12.1. The first-order chi connectivity index (χ1) is 14.8. The van der Waals surface area contributed by atoms with E-state index in [-0.39, 0.29) is 11.9 Å². The Kier molecular flexibility index (Phi) is 8.67. The van der Waals surface area contributed by atoms with Crippen molar-refractivity contribution >= 4 is 11.7 Å². The fourth-order valence-corrected chi connectivity index (χ4v) is 5.00. The van der Waals surface area contributed by atoms with Gasteiger partial charge in [0.05, 0.1) is 18.8 Å². The summed E-state index contributed by atoms with van der Waals surface area (Å²) in [4.78, 5) is 29.1. The zero-order valence-corrected chi connectivity index (χ0v) is 20.2. The van der Waals surface area contributed by atoms with E-state index < -0.39 is 0 Å². The third-order valence-corrected chi connectivity index (χ3v) is 6.58. The molecule has 2 fully saturated rings. The van der Waals surface area contributed by atoms with Crippen LogP contribution in [0.5, 0.6) is 0 Å². The lowest BCUT2D eigenvalue weighted by Gasteiger charge is -2.38. The summed E-state index contributed by atoms with van der Waals surface area (Å²) in [6, 6.07) is 2.76. The van der Waals surface area contributed by atoms with Crippen molar-refractivity contribution in [3.8, 4) is 0 Å². The van der Waals surface area contributed by atoms with Crippen molar-refractivity contribution in [2.75, 3.05) is 45.7 Å². The van der Waals surface area contributed by atoms with Crippen LogP contribution in [0.4, 0.5) is 5.82 Å². The van der Waals surface area contributed by atoms with E-state index in [2.05, 4.69) is 35.0 Å². The van der Waals surface area contributed by atoms with E-state index in [1.807, 2.05) is 26.0 Å². The number of carbonyl (C=O) groups is 1. The molecule has 3 rings (SSSR count). The fraction of sp³-hybridized carbons (Fsp3) is 0.792. The molecule has 1 unspecified atom stereocenters. The number of anilines is 1.